The highest BCUT2D eigenvalue weighted by atomic mass is 19.4. The molecule has 1 aliphatic rings. The van der Waals surface area contributed by atoms with Gasteiger partial charge in [0.1, 0.15) is 11.4 Å². The summed E-state index contributed by atoms with van der Waals surface area (Å²) in [6, 6.07) is 5.71. The van der Waals surface area contributed by atoms with Gasteiger partial charge in [0, 0.05) is 25.2 Å². The van der Waals surface area contributed by atoms with Crippen molar-refractivity contribution in [2.75, 3.05) is 18.0 Å². The average Bonchev–Trinajstić information content (AvgIpc) is 2.61. The number of ketones is 1. The van der Waals surface area contributed by atoms with E-state index in [0.717, 1.165) is 6.07 Å². The van der Waals surface area contributed by atoms with Crippen molar-refractivity contribution in [2.45, 2.75) is 19.0 Å². The lowest BCUT2D eigenvalue weighted by Gasteiger charge is -2.32. The molecule has 0 spiro atoms. The number of anilines is 1. The molecule has 0 saturated carbocycles. The molecule has 0 bridgehead atoms. The van der Waals surface area contributed by atoms with Crippen molar-refractivity contribution in [2.24, 2.45) is 5.92 Å². The number of nitrogens with zero attached hydrogens (tertiary/aromatic N) is 4. The molecule has 24 heavy (non-hydrogen) atoms. The number of halogens is 3. The lowest BCUT2D eigenvalue weighted by atomic mass is 9.90. The van der Waals surface area contributed by atoms with Gasteiger partial charge in [-0.2, -0.15) is 18.3 Å². The molecule has 2 aromatic heterocycles. The third kappa shape index (κ3) is 3.52. The van der Waals surface area contributed by atoms with Crippen molar-refractivity contribution < 1.29 is 18.0 Å². The summed E-state index contributed by atoms with van der Waals surface area (Å²) in [7, 11) is 0. The first kappa shape index (κ1) is 16.4. The standard InChI is InChI=1S/C16H15F3N4O/c17-16(18,19)14-4-3-12(10-20-14)23-8-5-11(6-9-23)15(24)13-2-1-7-21-22-13/h1-4,7,10-11H,5-6,8-9H2. The van der Waals surface area contributed by atoms with Crippen LogP contribution in [0.25, 0.3) is 0 Å². The van der Waals surface area contributed by atoms with Crippen LogP contribution in [0.15, 0.2) is 36.7 Å². The Morgan fingerprint density at radius 1 is 1.17 bits per heavy atom. The van der Waals surface area contributed by atoms with Crippen molar-refractivity contribution in [1.82, 2.24) is 15.2 Å². The minimum atomic E-state index is -4.44. The second kappa shape index (κ2) is 6.54. The number of piperidine rings is 1. The highest BCUT2D eigenvalue weighted by Gasteiger charge is 2.32. The average molecular weight is 336 g/mol. The first-order chi connectivity index (χ1) is 11.4. The molecule has 2 aromatic rings. The third-order valence-corrected chi connectivity index (χ3v) is 4.09. The van der Waals surface area contributed by atoms with Gasteiger partial charge in [0.05, 0.1) is 11.9 Å². The smallest absolute Gasteiger partial charge is 0.370 e. The molecule has 1 aliphatic heterocycles. The van der Waals surface area contributed by atoms with Crippen LogP contribution in [0.5, 0.6) is 0 Å². The van der Waals surface area contributed by atoms with E-state index < -0.39 is 11.9 Å². The number of alkyl halides is 3. The van der Waals surface area contributed by atoms with Crippen LogP contribution in [-0.2, 0) is 6.18 Å². The molecule has 0 amide bonds. The fourth-order valence-corrected chi connectivity index (χ4v) is 2.78. The number of carbonyl (C=O) groups is 1. The van der Waals surface area contributed by atoms with Crippen molar-refractivity contribution in [3.8, 4) is 0 Å². The van der Waals surface area contributed by atoms with Gasteiger partial charge in [-0.15, -0.1) is 5.10 Å². The molecule has 0 radical (unpaired) electrons. The number of pyridine rings is 1. The van der Waals surface area contributed by atoms with Crippen LogP contribution in [0, 0.1) is 5.92 Å². The van der Waals surface area contributed by atoms with Gasteiger partial charge in [0.2, 0.25) is 0 Å². The van der Waals surface area contributed by atoms with Crippen molar-refractivity contribution in [1.29, 1.82) is 0 Å². The molecular formula is C16H15F3N4O. The number of Topliss-reactive ketones (excluding diaryl/α,β-unsaturated/α-hetero) is 1. The van der Waals surface area contributed by atoms with Crippen LogP contribution in [-0.4, -0.2) is 34.1 Å². The highest BCUT2D eigenvalue weighted by molar-refractivity contribution is 5.96. The van der Waals surface area contributed by atoms with Crippen LogP contribution in [0.3, 0.4) is 0 Å². The molecule has 0 N–H and O–H groups in total. The van der Waals surface area contributed by atoms with E-state index in [1.807, 2.05) is 4.90 Å². The molecule has 5 nitrogen and oxygen atoms in total. The van der Waals surface area contributed by atoms with E-state index in [1.54, 1.807) is 12.1 Å². The second-order valence-electron chi connectivity index (χ2n) is 5.63. The molecule has 0 aliphatic carbocycles. The summed E-state index contributed by atoms with van der Waals surface area (Å²) in [4.78, 5) is 17.8. The quantitative estimate of drug-likeness (QED) is 0.807. The van der Waals surface area contributed by atoms with Gasteiger partial charge in [-0.1, -0.05) is 0 Å². The van der Waals surface area contributed by atoms with E-state index in [4.69, 9.17) is 0 Å². The summed E-state index contributed by atoms with van der Waals surface area (Å²) in [5, 5.41) is 7.54. The predicted octanol–water partition coefficient (Wildman–Crippen LogP) is 2.99. The van der Waals surface area contributed by atoms with E-state index in [-0.39, 0.29) is 11.7 Å². The third-order valence-electron chi connectivity index (χ3n) is 4.09. The summed E-state index contributed by atoms with van der Waals surface area (Å²) in [6.07, 6.45) is -0.452. The Kier molecular flexibility index (Phi) is 4.46. The maximum Gasteiger partial charge on any atom is 0.433 e. The van der Waals surface area contributed by atoms with E-state index in [9.17, 15) is 18.0 Å². The highest BCUT2D eigenvalue weighted by Crippen LogP contribution is 2.30. The number of carbonyl (C=O) groups excluding carboxylic acids is 1. The van der Waals surface area contributed by atoms with E-state index in [1.165, 1.54) is 18.5 Å². The minimum Gasteiger partial charge on any atom is -0.370 e. The molecule has 126 valence electrons. The van der Waals surface area contributed by atoms with Gasteiger partial charge in [-0.05, 0) is 37.1 Å². The molecule has 3 heterocycles. The van der Waals surface area contributed by atoms with Gasteiger partial charge in [-0.25, -0.2) is 4.98 Å². The maximum absolute atomic E-state index is 12.5. The van der Waals surface area contributed by atoms with Gasteiger partial charge in [-0.3, -0.25) is 4.79 Å². The van der Waals surface area contributed by atoms with Crippen LogP contribution in [0.1, 0.15) is 29.0 Å². The van der Waals surface area contributed by atoms with Crippen LogP contribution < -0.4 is 4.90 Å². The molecule has 8 heteroatoms. The Labute approximate surface area is 136 Å². The van der Waals surface area contributed by atoms with Crippen LogP contribution in [0.4, 0.5) is 18.9 Å². The summed E-state index contributed by atoms with van der Waals surface area (Å²) in [6.45, 7) is 1.17. The fourth-order valence-electron chi connectivity index (χ4n) is 2.78. The number of aromatic nitrogens is 3. The Morgan fingerprint density at radius 2 is 1.92 bits per heavy atom. The number of hydrogen-bond acceptors (Lipinski definition) is 5. The van der Waals surface area contributed by atoms with Crippen LogP contribution >= 0.6 is 0 Å². The lowest BCUT2D eigenvalue weighted by Crippen LogP contribution is -2.36. The Morgan fingerprint density at radius 3 is 2.46 bits per heavy atom. The summed E-state index contributed by atoms with van der Waals surface area (Å²) in [5.74, 6) is -0.173. The zero-order valence-corrected chi connectivity index (χ0v) is 12.7. The van der Waals surface area contributed by atoms with Gasteiger partial charge in [0.15, 0.2) is 5.78 Å². The van der Waals surface area contributed by atoms with Crippen molar-refractivity contribution in [3.63, 3.8) is 0 Å². The molecular weight excluding hydrogens is 321 g/mol. The second-order valence-corrected chi connectivity index (χ2v) is 5.63. The van der Waals surface area contributed by atoms with Gasteiger partial charge < -0.3 is 4.90 Å². The zero-order valence-electron chi connectivity index (χ0n) is 12.7. The molecule has 0 atom stereocenters. The van der Waals surface area contributed by atoms with Crippen LogP contribution in [0.2, 0.25) is 0 Å². The zero-order chi connectivity index (χ0) is 17.2. The van der Waals surface area contributed by atoms with Crippen molar-refractivity contribution in [3.05, 3.63) is 48.0 Å². The topological polar surface area (TPSA) is 59.0 Å². The molecule has 0 aromatic carbocycles. The molecule has 3 rings (SSSR count). The Hall–Kier alpha value is -2.51. The van der Waals surface area contributed by atoms with E-state index >= 15 is 0 Å². The summed E-state index contributed by atoms with van der Waals surface area (Å²) in [5.41, 5.74) is 0.0829. The SMILES string of the molecule is O=C(c1cccnn1)C1CCN(c2ccc(C(F)(F)F)nc2)CC1. The van der Waals surface area contributed by atoms with E-state index in [2.05, 4.69) is 15.2 Å². The predicted molar refractivity (Wildman–Crippen MR) is 80.5 cm³/mol. The fraction of sp³-hybridized carbons (Fsp3) is 0.375. The Balaban J connectivity index is 1.62. The van der Waals surface area contributed by atoms with Crippen molar-refractivity contribution >= 4 is 11.5 Å². The largest absolute Gasteiger partial charge is 0.433 e. The first-order valence-electron chi connectivity index (χ1n) is 7.55. The summed E-state index contributed by atoms with van der Waals surface area (Å²) < 4.78 is 37.6. The lowest BCUT2D eigenvalue weighted by molar-refractivity contribution is -0.141. The molecule has 0 unspecified atom stereocenters. The molecule has 1 saturated heterocycles. The number of rotatable bonds is 3. The number of hydrogen-bond donors (Lipinski definition) is 0. The minimum absolute atomic E-state index is 0.0340. The normalized spacial score (nSPS) is 16.2. The van der Waals surface area contributed by atoms with Gasteiger partial charge >= 0.3 is 6.18 Å². The summed E-state index contributed by atoms with van der Waals surface area (Å²) >= 11 is 0. The maximum atomic E-state index is 12.5. The molecule has 1 fully saturated rings. The Bertz CT molecular complexity index is 696. The van der Waals surface area contributed by atoms with Gasteiger partial charge in [0.25, 0.3) is 0 Å². The first-order valence-corrected chi connectivity index (χ1v) is 7.55. The monoisotopic (exact) mass is 336 g/mol. The van der Waals surface area contributed by atoms with E-state index in [0.29, 0.717) is 37.3 Å².